The minimum atomic E-state index is 0.712. The molecule has 0 spiro atoms. The first-order valence-electron chi connectivity index (χ1n) is 6.19. The molecule has 0 amide bonds. The lowest BCUT2D eigenvalue weighted by atomic mass is 10.4. The molecule has 102 valence electrons. The van der Waals surface area contributed by atoms with E-state index in [1.807, 2.05) is 13.1 Å². The van der Waals surface area contributed by atoms with E-state index in [4.69, 9.17) is 4.74 Å². The minimum absolute atomic E-state index is 0.712. The lowest BCUT2D eigenvalue weighted by Crippen LogP contribution is -2.37. The van der Waals surface area contributed by atoms with Crippen molar-refractivity contribution in [2.45, 2.75) is 26.8 Å². The third-order valence-electron chi connectivity index (χ3n) is 2.26. The molecule has 0 aliphatic heterocycles. The number of thiazole rings is 1. The normalized spacial score (nSPS) is 11.6. The Morgan fingerprint density at radius 2 is 2.33 bits per heavy atom. The molecule has 0 bridgehead atoms. The van der Waals surface area contributed by atoms with E-state index in [1.165, 1.54) is 4.88 Å². The summed E-state index contributed by atoms with van der Waals surface area (Å²) in [6.07, 6.45) is 2.87. The topological polar surface area (TPSA) is 58.5 Å². The molecular formula is C12H22N4OS. The Morgan fingerprint density at radius 3 is 2.94 bits per heavy atom. The first-order chi connectivity index (χ1) is 8.76. The van der Waals surface area contributed by atoms with Crippen LogP contribution in [0.15, 0.2) is 11.2 Å². The Bertz CT molecular complexity index is 365. The summed E-state index contributed by atoms with van der Waals surface area (Å²) in [7, 11) is 1.77. The van der Waals surface area contributed by atoms with Crippen LogP contribution in [0.4, 0.5) is 0 Å². The van der Waals surface area contributed by atoms with Crippen molar-refractivity contribution in [2.24, 2.45) is 4.99 Å². The van der Waals surface area contributed by atoms with Crippen molar-refractivity contribution in [3.8, 4) is 0 Å². The van der Waals surface area contributed by atoms with Gasteiger partial charge in [-0.15, -0.1) is 11.3 Å². The molecule has 1 aromatic rings. The van der Waals surface area contributed by atoms with Crippen molar-refractivity contribution in [1.82, 2.24) is 15.6 Å². The summed E-state index contributed by atoms with van der Waals surface area (Å²) in [6, 6.07) is 0. The van der Waals surface area contributed by atoms with Crippen molar-refractivity contribution >= 4 is 17.3 Å². The molecule has 0 atom stereocenters. The molecule has 2 N–H and O–H groups in total. The van der Waals surface area contributed by atoms with Gasteiger partial charge in [-0.2, -0.15) is 0 Å². The lowest BCUT2D eigenvalue weighted by molar-refractivity contribution is 0.145. The van der Waals surface area contributed by atoms with Crippen LogP contribution in [-0.4, -0.2) is 37.7 Å². The number of nitrogens with one attached hydrogen (secondary N) is 2. The molecule has 1 aromatic heterocycles. The SMILES string of the molecule is CCOCCCNC(=NC)NCc1ncc(C)s1. The van der Waals surface area contributed by atoms with Crippen molar-refractivity contribution in [1.29, 1.82) is 0 Å². The first-order valence-corrected chi connectivity index (χ1v) is 7.01. The number of ether oxygens (including phenoxy) is 1. The van der Waals surface area contributed by atoms with Crippen molar-refractivity contribution in [3.05, 3.63) is 16.1 Å². The first kappa shape index (κ1) is 14.9. The van der Waals surface area contributed by atoms with Crippen LogP contribution in [0.25, 0.3) is 0 Å². The molecule has 1 rings (SSSR count). The Balaban J connectivity index is 2.18. The van der Waals surface area contributed by atoms with E-state index in [0.717, 1.165) is 37.1 Å². The van der Waals surface area contributed by atoms with E-state index < -0.39 is 0 Å². The van der Waals surface area contributed by atoms with Crippen molar-refractivity contribution in [3.63, 3.8) is 0 Å². The number of hydrogen-bond donors (Lipinski definition) is 2. The molecule has 18 heavy (non-hydrogen) atoms. The summed E-state index contributed by atoms with van der Waals surface area (Å²) in [5, 5.41) is 7.55. The summed E-state index contributed by atoms with van der Waals surface area (Å²) < 4.78 is 5.27. The third-order valence-corrected chi connectivity index (χ3v) is 3.17. The molecule has 6 heteroatoms. The van der Waals surface area contributed by atoms with Gasteiger partial charge < -0.3 is 15.4 Å². The summed E-state index contributed by atoms with van der Waals surface area (Å²) in [4.78, 5) is 9.68. The third kappa shape index (κ3) is 5.97. The van der Waals surface area contributed by atoms with Gasteiger partial charge in [0.05, 0.1) is 6.54 Å². The highest BCUT2D eigenvalue weighted by atomic mass is 32.1. The fraction of sp³-hybridized carbons (Fsp3) is 0.667. The molecule has 0 aliphatic rings. The van der Waals surface area contributed by atoms with E-state index in [2.05, 4.69) is 27.5 Å². The Morgan fingerprint density at radius 1 is 1.50 bits per heavy atom. The number of aromatic nitrogens is 1. The highest BCUT2D eigenvalue weighted by molar-refractivity contribution is 7.11. The zero-order chi connectivity index (χ0) is 13.2. The molecule has 0 fully saturated rings. The zero-order valence-corrected chi connectivity index (χ0v) is 12.1. The van der Waals surface area contributed by atoms with Crippen LogP contribution in [0, 0.1) is 6.92 Å². The number of rotatable bonds is 7. The Kier molecular flexibility index (Phi) is 7.36. The zero-order valence-electron chi connectivity index (χ0n) is 11.3. The second-order valence-corrected chi connectivity index (χ2v) is 5.09. The molecule has 0 aliphatic carbocycles. The van der Waals surface area contributed by atoms with Crippen LogP contribution in [0.1, 0.15) is 23.2 Å². The number of aliphatic imine (C=N–C) groups is 1. The molecule has 5 nitrogen and oxygen atoms in total. The van der Waals surface area contributed by atoms with Crippen LogP contribution >= 0.6 is 11.3 Å². The predicted molar refractivity (Wildman–Crippen MR) is 76.2 cm³/mol. The quantitative estimate of drug-likeness (QED) is 0.448. The number of aryl methyl sites for hydroxylation is 1. The van der Waals surface area contributed by atoms with Gasteiger partial charge in [0, 0.05) is 37.9 Å². The molecule has 0 unspecified atom stereocenters. The Hall–Kier alpha value is -1.14. The highest BCUT2D eigenvalue weighted by Crippen LogP contribution is 2.10. The number of guanidine groups is 1. The summed E-state index contributed by atoms with van der Waals surface area (Å²) in [5.41, 5.74) is 0. The monoisotopic (exact) mass is 270 g/mol. The molecule has 0 radical (unpaired) electrons. The second kappa shape index (κ2) is 8.88. The van der Waals surface area contributed by atoms with Crippen LogP contribution in [0.2, 0.25) is 0 Å². The average molecular weight is 270 g/mol. The van der Waals surface area contributed by atoms with Gasteiger partial charge in [-0.3, -0.25) is 4.99 Å². The standard InChI is InChI=1S/C12H22N4OS/c1-4-17-7-5-6-14-12(13-3)16-9-11-15-8-10(2)18-11/h8H,4-7,9H2,1-3H3,(H2,13,14,16). The highest BCUT2D eigenvalue weighted by Gasteiger charge is 2.00. The molecule has 0 saturated heterocycles. The Labute approximate surface area is 113 Å². The van der Waals surface area contributed by atoms with Crippen molar-refractivity contribution in [2.75, 3.05) is 26.8 Å². The van der Waals surface area contributed by atoms with E-state index in [1.54, 1.807) is 18.4 Å². The molecule has 0 aromatic carbocycles. The van der Waals surface area contributed by atoms with Crippen LogP contribution < -0.4 is 10.6 Å². The fourth-order valence-electron chi connectivity index (χ4n) is 1.39. The van der Waals surface area contributed by atoms with E-state index in [9.17, 15) is 0 Å². The lowest BCUT2D eigenvalue weighted by Gasteiger charge is -2.10. The van der Waals surface area contributed by atoms with Gasteiger partial charge in [0.2, 0.25) is 0 Å². The summed E-state index contributed by atoms with van der Waals surface area (Å²) >= 11 is 1.70. The second-order valence-electron chi connectivity index (χ2n) is 3.77. The van der Waals surface area contributed by atoms with Crippen LogP contribution in [-0.2, 0) is 11.3 Å². The molecular weight excluding hydrogens is 248 g/mol. The smallest absolute Gasteiger partial charge is 0.191 e. The summed E-state index contributed by atoms with van der Waals surface area (Å²) in [6.45, 7) is 7.19. The van der Waals surface area contributed by atoms with Crippen molar-refractivity contribution < 1.29 is 4.74 Å². The molecule has 1 heterocycles. The predicted octanol–water partition coefficient (Wildman–Crippen LogP) is 1.54. The van der Waals surface area contributed by atoms with Gasteiger partial charge in [-0.05, 0) is 20.3 Å². The molecule has 0 saturated carbocycles. The van der Waals surface area contributed by atoms with Gasteiger partial charge in [-0.1, -0.05) is 0 Å². The van der Waals surface area contributed by atoms with Crippen LogP contribution in [0.3, 0.4) is 0 Å². The van der Waals surface area contributed by atoms with Crippen LogP contribution in [0.5, 0.6) is 0 Å². The number of nitrogens with zero attached hydrogens (tertiary/aromatic N) is 2. The maximum atomic E-state index is 5.27. The maximum absolute atomic E-state index is 5.27. The van der Waals surface area contributed by atoms with Gasteiger partial charge >= 0.3 is 0 Å². The number of hydrogen-bond acceptors (Lipinski definition) is 4. The van der Waals surface area contributed by atoms with E-state index in [0.29, 0.717) is 6.54 Å². The fourth-order valence-corrected chi connectivity index (χ4v) is 2.12. The van der Waals surface area contributed by atoms with Gasteiger partial charge in [0.1, 0.15) is 5.01 Å². The average Bonchev–Trinajstić information content (AvgIpc) is 2.78. The van der Waals surface area contributed by atoms with E-state index >= 15 is 0 Å². The maximum Gasteiger partial charge on any atom is 0.191 e. The van der Waals surface area contributed by atoms with E-state index in [-0.39, 0.29) is 0 Å². The minimum Gasteiger partial charge on any atom is -0.382 e. The largest absolute Gasteiger partial charge is 0.382 e. The summed E-state index contributed by atoms with van der Waals surface area (Å²) in [5.74, 6) is 0.805. The van der Waals surface area contributed by atoms with Gasteiger partial charge in [0.15, 0.2) is 5.96 Å². The van der Waals surface area contributed by atoms with Gasteiger partial charge in [0.25, 0.3) is 0 Å². The van der Waals surface area contributed by atoms with Gasteiger partial charge in [-0.25, -0.2) is 4.98 Å².